The van der Waals surface area contributed by atoms with Crippen molar-refractivity contribution in [1.82, 2.24) is 9.80 Å². The Morgan fingerprint density at radius 3 is 2.52 bits per heavy atom. The predicted octanol–water partition coefficient (Wildman–Crippen LogP) is 4.13. The molecule has 0 aliphatic carbocycles. The second kappa shape index (κ2) is 11.1. The highest BCUT2D eigenvalue weighted by Crippen LogP contribution is 2.20. The summed E-state index contributed by atoms with van der Waals surface area (Å²) in [6, 6.07) is 16.0. The predicted molar refractivity (Wildman–Crippen MR) is 128 cm³/mol. The highest BCUT2D eigenvalue weighted by molar-refractivity contribution is 5.94. The molecule has 2 saturated heterocycles. The first-order valence-corrected chi connectivity index (χ1v) is 12.0. The summed E-state index contributed by atoms with van der Waals surface area (Å²) in [7, 11) is 1.66. The third-order valence-corrected chi connectivity index (χ3v) is 6.35. The smallest absolute Gasteiger partial charge is 0.254 e. The minimum atomic E-state index is 0.0356. The standard InChI is InChI=1S/C27H36N2O4/c1-20-15-28(16-21(2)33-20)17-22-9-11-24(12-10-22)27(30)29(19-26-8-5-13-32-26)18-23-6-4-7-25(14-23)31-3/h4,6-7,9-12,14,20-21,26H,5,8,13,15-19H2,1-3H3. The number of rotatable bonds is 8. The van der Waals surface area contributed by atoms with Gasteiger partial charge in [0.2, 0.25) is 0 Å². The molecule has 0 saturated carbocycles. The topological polar surface area (TPSA) is 51.2 Å². The molecule has 0 bridgehead atoms. The summed E-state index contributed by atoms with van der Waals surface area (Å²) in [5.74, 6) is 0.835. The largest absolute Gasteiger partial charge is 0.497 e. The molecule has 1 amide bonds. The Morgan fingerprint density at radius 2 is 1.85 bits per heavy atom. The van der Waals surface area contributed by atoms with E-state index in [-0.39, 0.29) is 24.2 Å². The maximum Gasteiger partial charge on any atom is 0.254 e. The molecule has 2 aliphatic heterocycles. The van der Waals surface area contributed by atoms with Gasteiger partial charge in [0.05, 0.1) is 25.4 Å². The molecule has 6 heteroatoms. The Balaban J connectivity index is 1.45. The molecule has 0 N–H and O–H groups in total. The van der Waals surface area contributed by atoms with Gasteiger partial charge in [-0.25, -0.2) is 0 Å². The van der Waals surface area contributed by atoms with Crippen molar-refractivity contribution in [3.8, 4) is 5.75 Å². The summed E-state index contributed by atoms with van der Waals surface area (Å²) < 4.78 is 17.0. The molecule has 0 radical (unpaired) electrons. The van der Waals surface area contributed by atoms with E-state index in [0.29, 0.717) is 18.7 Å². The van der Waals surface area contributed by atoms with Crippen LogP contribution in [-0.2, 0) is 22.6 Å². The second-order valence-corrected chi connectivity index (χ2v) is 9.32. The van der Waals surface area contributed by atoms with Crippen LogP contribution in [-0.4, -0.2) is 67.4 Å². The Bertz CT molecular complexity index is 901. The van der Waals surface area contributed by atoms with Crippen molar-refractivity contribution >= 4 is 5.91 Å². The lowest BCUT2D eigenvalue weighted by Gasteiger charge is -2.35. The number of ether oxygens (including phenoxy) is 3. The summed E-state index contributed by atoms with van der Waals surface area (Å²) in [6.07, 6.45) is 2.65. The van der Waals surface area contributed by atoms with Crippen LogP contribution in [0.5, 0.6) is 5.75 Å². The molecule has 0 aromatic heterocycles. The summed E-state index contributed by atoms with van der Waals surface area (Å²) >= 11 is 0. The molecule has 33 heavy (non-hydrogen) atoms. The van der Waals surface area contributed by atoms with Crippen LogP contribution in [0.4, 0.5) is 0 Å². The van der Waals surface area contributed by atoms with E-state index in [1.807, 2.05) is 41.3 Å². The summed E-state index contributed by atoms with van der Waals surface area (Å²) in [6.45, 7) is 8.88. The van der Waals surface area contributed by atoms with Gasteiger partial charge < -0.3 is 19.1 Å². The number of hydrogen-bond acceptors (Lipinski definition) is 5. The first-order valence-electron chi connectivity index (χ1n) is 12.0. The van der Waals surface area contributed by atoms with Gasteiger partial charge >= 0.3 is 0 Å². The van der Waals surface area contributed by atoms with Gasteiger partial charge in [-0.05, 0) is 62.1 Å². The minimum Gasteiger partial charge on any atom is -0.497 e. The van der Waals surface area contributed by atoms with Crippen molar-refractivity contribution in [2.75, 3.05) is 33.4 Å². The van der Waals surface area contributed by atoms with Crippen LogP contribution in [0.1, 0.15) is 48.2 Å². The summed E-state index contributed by atoms with van der Waals surface area (Å²) in [5, 5.41) is 0. The highest BCUT2D eigenvalue weighted by Gasteiger charge is 2.25. The van der Waals surface area contributed by atoms with Crippen LogP contribution in [0.2, 0.25) is 0 Å². The van der Waals surface area contributed by atoms with Gasteiger partial charge in [0.1, 0.15) is 5.75 Å². The number of carbonyl (C=O) groups is 1. The number of nitrogens with zero attached hydrogens (tertiary/aromatic N) is 2. The molecule has 4 rings (SSSR count). The Kier molecular flexibility index (Phi) is 8.02. The van der Waals surface area contributed by atoms with Crippen molar-refractivity contribution in [3.63, 3.8) is 0 Å². The number of amides is 1. The zero-order valence-electron chi connectivity index (χ0n) is 20.0. The minimum absolute atomic E-state index is 0.0356. The lowest BCUT2D eigenvalue weighted by molar-refractivity contribution is -0.0704. The molecule has 2 heterocycles. The quantitative estimate of drug-likeness (QED) is 0.603. The van der Waals surface area contributed by atoms with Crippen LogP contribution >= 0.6 is 0 Å². The summed E-state index contributed by atoms with van der Waals surface area (Å²) in [5.41, 5.74) is 2.97. The van der Waals surface area contributed by atoms with Gasteiger partial charge in [0.25, 0.3) is 5.91 Å². The maximum atomic E-state index is 13.5. The van der Waals surface area contributed by atoms with Crippen LogP contribution in [0.3, 0.4) is 0 Å². The van der Waals surface area contributed by atoms with E-state index in [2.05, 4.69) is 30.9 Å². The molecule has 3 unspecified atom stereocenters. The third kappa shape index (κ3) is 6.56. The maximum absolute atomic E-state index is 13.5. The SMILES string of the molecule is COc1cccc(CN(CC2CCCO2)C(=O)c2ccc(CN3CC(C)OC(C)C3)cc2)c1. The molecular formula is C27H36N2O4. The lowest BCUT2D eigenvalue weighted by Crippen LogP contribution is -2.44. The van der Waals surface area contributed by atoms with E-state index in [1.165, 1.54) is 5.56 Å². The molecule has 2 fully saturated rings. The molecule has 6 nitrogen and oxygen atoms in total. The van der Waals surface area contributed by atoms with Crippen molar-refractivity contribution in [2.45, 2.75) is 58.1 Å². The lowest BCUT2D eigenvalue weighted by atomic mass is 10.1. The fourth-order valence-corrected chi connectivity index (χ4v) is 4.85. The van der Waals surface area contributed by atoms with Crippen molar-refractivity contribution in [1.29, 1.82) is 0 Å². The van der Waals surface area contributed by atoms with Gasteiger partial charge in [0.15, 0.2) is 0 Å². The number of morpholine rings is 1. The van der Waals surface area contributed by atoms with Crippen molar-refractivity contribution in [3.05, 3.63) is 65.2 Å². The zero-order valence-corrected chi connectivity index (χ0v) is 20.0. The molecule has 0 spiro atoms. The van der Waals surface area contributed by atoms with E-state index < -0.39 is 0 Å². The Labute approximate surface area is 197 Å². The normalized spacial score (nSPS) is 23.4. The first kappa shape index (κ1) is 23.7. The fourth-order valence-electron chi connectivity index (χ4n) is 4.85. The molecule has 3 atom stereocenters. The molecule has 178 valence electrons. The molecule has 2 aromatic carbocycles. The highest BCUT2D eigenvalue weighted by atomic mass is 16.5. The van der Waals surface area contributed by atoms with Crippen molar-refractivity contribution in [2.24, 2.45) is 0 Å². The van der Waals surface area contributed by atoms with Gasteiger partial charge in [-0.1, -0.05) is 24.3 Å². The Hall–Kier alpha value is -2.41. The first-order chi connectivity index (χ1) is 16.0. The average molecular weight is 453 g/mol. The van der Waals surface area contributed by atoms with Gasteiger partial charge in [-0.3, -0.25) is 9.69 Å². The Morgan fingerprint density at radius 1 is 1.09 bits per heavy atom. The van der Waals surface area contributed by atoms with Crippen LogP contribution in [0, 0.1) is 0 Å². The van der Waals surface area contributed by atoms with E-state index in [0.717, 1.165) is 50.4 Å². The second-order valence-electron chi connectivity index (χ2n) is 9.32. The third-order valence-electron chi connectivity index (χ3n) is 6.35. The number of carbonyl (C=O) groups excluding carboxylic acids is 1. The number of benzene rings is 2. The van der Waals surface area contributed by atoms with E-state index in [9.17, 15) is 4.79 Å². The van der Waals surface area contributed by atoms with Crippen molar-refractivity contribution < 1.29 is 19.0 Å². The van der Waals surface area contributed by atoms with Crippen LogP contribution in [0.15, 0.2) is 48.5 Å². The van der Waals surface area contributed by atoms with Gasteiger partial charge in [-0.2, -0.15) is 0 Å². The van der Waals surface area contributed by atoms with Gasteiger partial charge in [0, 0.05) is 44.9 Å². The van der Waals surface area contributed by atoms with Gasteiger partial charge in [-0.15, -0.1) is 0 Å². The zero-order chi connectivity index (χ0) is 23.2. The van der Waals surface area contributed by atoms with E-state index in [4.69, 9.17) is 14.2 Å². The van der Waals surface area contributed by atoms with E-state index >= 15 is 0 Å². The molecule has 2 aliphatic rings. The fraction of sp³-hybridized carbons (Fsp3) is 0.519. The van der Waals surface area contributed by atoms with Crippen LogP contribution < -0.4 is 4.74 Å². The van der Waals surface area contributed by atoms with E-state index in [1.54, 1.807) is 7.11 Å². The molecular weight excluding hydrogens is 416 g/mol. The summed E-state index contributed by atoms with van der Waals surface area (Å²) in [4.78, 5) is 17.8. The number of methoxy groups -OCH3 is 1. The monoisotopic (exact) mass is 452 g/mol. The van der Waals surface area contributed by atoms with Crippen LogP contribution in [0.25, 0.3) is 0 Å². The average Bonchev–Trinajstić information content (AvgIpc) is 3.31. The number of hydrogen-bond donors (Lipinski definition) is 0. The molecule has 2 aromatic rings.